The summed E-state index contributed by atoms with van der Waals surface area (Å²) >= 11 is 0. The van der Waals surface area contributed by atoms with Gasteiger partial charge in [-0.1, -0.05) is 18.2 Å². The maximum absolute atomic E-state index is 9.38. The van der Waals surface area contributed by atoms with E-state index in [-0.39, 0.29) is 5.75 Å². The number of aromatic hydroxyl groups is 1. The van der Waals surface area contributed by atoms with E-state index in [1.54, 1.807) is 18.3 Å². The number of phenolic OH excluding ortho intramolecular Hbond substituents is 1. The molecule has 15 heavy (non-hydrogen) atoms. The van der Waals surface area contributed by atoms with E-state index in [1.165, 1.54) is 0 Å². The van der Waals surface area contributed by atoms with Crippen LogP contribution in [0.2, 0.25) is 0 Å². The molecule has 0 bridgehead atoms. The van der Waals surface area contributed by atoms with Crippen LogP contribution in [0.25, 0.3) is 21.7 Å². The van der Waals surface area contributed by atoms with Crippen LogP contribution in [-0.2, 0) is 0 Å². The lowest BCUT2D eigenvalue weighted by atomic mass is 10.1. The second kappa shape index (κ2) is 2.95. The molecule has 0 radical (unpaired) electrons. The molecule has 3 aromatic rings. The molecule has 0 unspecified atom stereocenters. The molecule has 0 saturated carbocycles. The number of aromatic nitrogens is 1. The molecular weight excluding hydrogens is 186 g/mol. The van der Waals surface area contributed by atoms with Crippen molar-refractivity contribution in [2.45, 2.75) is 0 Å². The summed E-state index contributed by atoms with van der Waals surface area (Å²) in [4.78, 5) is 4.36. The van der Waals surface area contributed by atoms with Gasteiger partial charge < -0.3 is 5.11 Å². The summed E-state index contributed by atoms with van der Waals surface area (Å²) in [5, 5.41) is 12.6. The average Bonchev–Trinajstić information content (AvgIpc) is 2.28. The molecule has 0 aliphatic rings. The summed E-state index contributed by atoms with van der Waals surface area (Å²) in [6.45, 7) is 0. The number of hydrogen-bond donors (Lipinski definition) is 1. The molecule has 0 atom stereocenters. The minimum atomic E-state index is 0.290. The van der Waals surface area contributed by atoms with E-state index in [2.05, 4.69) is 4.98 Å². The first-order chi connectivity index (χ1) is 7.34. The minimum absolute atomic E-state index is 0.290. The Balaban J connectivity index is 2.55. The molecule has 1 aromatic heterocycles. The van der Waals surface area contributed by atoms with E-state index < -0.39 is 0 Å². The predicted molar refractivity (Wildman–Crippen MR) is 60.9 cm³/mol. The van der Waals surface area contributed by atoms with Crippen LogP contribution >= 0.6 is 0 Å². The largest absolute Gasteiger partial charge is 0.508 e. The van der Waals surface area contributed by atoms with Crippen LogP contribution in [0.4, 0.5) is 0 Å². The van der Waals surface area contributed by atoms with Gasteiger partial charge in [0.25, 0.3) is 0 Å². The van der Waals surface area contributed by atoms with Crippen molar-refractivity contribution >= 4 is 21.7 Å². The predicted octanol–water partition coefficient (Wildman–Crippen LogP) is 3.09. The highest BCUT2D eigenvalue weighted by Gasteiger charge is 2.01. The van der Waals surface area contributed by atoms with Crippen molar-refractivity contribution in [1.82, 2.24) is 4.98 Å². The van der Waals surface area contributed by atoms with Crippen molar-refractivity contribution in [3.05, 3.63) is 48.7 Å². The van der Waals surface area contributed by atoms with Gasteiger partial charge in [0, 0.05) is 17.0 Å². The van der Waals surface area contributed by atoms with Crippen LogP contribution in [0.1, 0.15) is 0 Å². The van der Waals surface area contributed by atoms with E-state index in [9.17, 15) is 5.11 Å². The van der Waals surface area contributed by atoms with E-state index in [4.69, 9.17) is 0 Å². The van der Waals surface area contributed by atoms with Gasteiger partial charge in [-0.05, 0) is 29.7 Å². The van der Waals surface area contributed by atoms with E-state index in [0.717, 1.165) is 21.7 Å². The number of fused-ring (bicyclic) bond motifs is 3. The monoisotopic (exact) mass is 195 g/mol. The highest BCUT2D eigenvalue weighted by Crippen LogP contribution is 2.26. The first kappa shape index (κ1) is 8.24. The van der Waals surface area contributed by atoms with Gasteiger partial charge >= 0.3 is 0 Å². The fourth-order valence-corrected chi connectivity index (χ4v) is 1.86. The first-order valence-corrected chi connectivity index (χ1v) is 4.81. The summed E-state index contributed by atoms with van der Waals surface area (Å²) in [5.41, 5.74) is 0.981. The van der Waals surface area contributed by atoms with Crippen LogP contribution in [-0.4, -0.2) is 10.1 Å². The summed E-state index contributed by atoms with van der Waals surface area (Å²) in [7, 11) is 0. The van der Waals surface area contributed by atoms with Crippen molar-refractivity contribution in [3.8, 4) is 5.75 Å². The second-order valence-corrected chi connectivity index (χ2v) is 3.55. The average molecular weight is 195 g/mol. The number of phenols is 1. The number of hydrogen-bond acceptors (Lipinski definition) is 2. The number of nitrogens with zero attached hydrogens (tertiary/aromatic N) is 1. The molecule has 0 aliphatic carbocycles. The SMILES string of the molecule is Oc1ccc2c(ccc3cccnc32)c1. The molecule has 2 aromatic carbocycles. The summed E-state index contributed by atoms with van der Waals surface area (Å²) in [5.74, 6) is 0.290. The second-order valence-electron chi connectivity index (χ2n) is 3.55. The molecule has 1 heterocycles. The molecule has 0 aliphatic heterocycles. The van der Waals surface area contributed by atoms with Gasteiger partial charge in [0.15, 0.2) is 0 Å². The lowest BCUT2D eigenvalue weighted by Crippen LogP contribution is -1.80. The Morgan fingerprint density at radius 3 is 2.73 bits per heavy atom. The molecule has 72 valence electrons. The Hall–Kier alpha value is -2.09. The zero-order valence-electron chi connectivity index (χ0n) is 8.01. The highest BCUT2D eigenvalue weighted by atomic mass is 16.3. The van der Waals surface area contributed by atoms with Gasteiger partial charge in [-0.2, -0.15) is 0 Å². The van der Waals surface area contributed by atoms with E-state index in [0.29, 0.717) is 0 Å². The zero-order valence-corrected chi connectivity index (χ0v) is 8.01. The van der Waals surface area contributed by atoms with Gasteiger partial charge in [-0.3, -0.25) is 4.98 Å². The molecule has 0 saturated heterocycles. The van der Waals surface area contributed by atoms with Crippen molar-refractivity contribution in [3.63, 3.8) is 0 Å². The number of benzene rings is 2. The van der Waals surface area contributed by atoms with Gasteiger partial charge in [0.2, 0.25) is 0 Å². The third-order valence-corrected chi connectivity index (χ3v) is 2.57. The molecule has 3 rings (SSSR count). The normalized spacial score (nSPS) is 10.9. The van der Waals surface area contributed by atoms with Crippen LogP contribution < -0.4 is 0 Å². The molecular formula is C13H9NO. The molecule has 1 N–H and O–H groups in total. The molecule has 2 nitrogen and oxygen atoms in total. The fraction of sp³-hybridized carbons (Fsp3) is 0. The summed E-state index contributed by atoms with van der Waals surface area (Å²) < 4.78 is 0. The van der Waals surface area contributed by atoms with Gasteiger partial charge in [0.1, 0.15) is 5.75 Å². The van der Waals surface area contributed by atoms with Crippen molar-refractivity contribution in [1.29, 1.82) is 0 Å². The van der Waals surface area contributed by atoms with Crippen molar-refractivity contribution < 1.29 is 5.11 Å². The molecule has 0 fully saturated rings. The standard InChI is InChI=1S/C13H9NO/c15-11-5-6-12-10(8-11)4-3-9-2-1-7-14-13(9)12/h1-8,15H. The quantitative estimate of drug-likeness (QED) is 0.559. The molecule has 0 amide bonds. The maximum atomic E-state index is 9.38. The Bertz CT molecular complexity index is 646. The van der Waals surface area contributed by atoms with Crippen LogP contribution in [0.15, 0.2) is 48.7 Å². The Morgan fingerprint density at radius 1 is 0.933 bits per heavy atom. The zero-order chi connectivity index (χ0) is 10.3. The van der Waals surface area contributed by atoms with Crippen LogP contribution in [0, 0.1) is 0 Å². The van der Waals surface area contributed by atoms with Gasteiger partial charge in [0.05, 0.1) is 5.52 Å². The number of pyridine rings is 1. The lowest BCUT2D eigenvalue weighted by molar-refractivity contribution is 0.476. The third kappa shape index (κ3) is 1.22. The topological polar surface area (TPSA) is 33.1 Å². The Kier molecular flexibility index (Phi) is 1.62. The Morgan fingerprint density at radius 2 is 1.80 bits per heavy atom. The van der Waals surface area contributed by atoms with Crippen molar-refractivity contribution in [2.75, 3.05) is 0 Å². The summed E-state index contributed by atoms with van der Waals surface area (Å²) in [6, 6.07) is 13.3. The maximum Gasteiger partial charge on any atom is 0.116 e. The lowest BCUT2D eigenvalue weighted by Gasteiger charge is -2.02. The van der Waals surface area contributed by atoms with E-state index in [1.807, 2.05) is 30.3 Å². The van der Waals surface area contributed by atoms with Crippen LogP contribution in [0.3, 0.4) is 0 Å². The van der Waals surface area contributed by atoms with Crippen molar-refractivity contribution in [2.24, 2.45) is 0 Å². The highest BCUT2D eigenvalue weighted by molar-refractivity contribution is 6.05. The first-order valence-electron chi connectivity index (χ1n) is 4.81. The molecule has 2 heteroatoms. The van der Waals surface area contributed by atoms with Gasteiger partial charge in [-0.25, -0.2) is 0 Å². The number of rotatable bonds is 0. The fourth-order valence-electron chi connectivity index (χ4n) is 1.86. The Labute approximate surface area is 86.8 Å². The minimum Gasteiger partial charge on any atom is -0.508 e. The molecule has 0 spiro atoms. The van der Waals surface area contributed by atoms with E-state index >= 15 is 0 Å². The summed E-state index contributed by atoms with van der Waals surface area (Å²) in [6.07, 6.45) is 1.79. The van der Waals surface area contributed by atoms with Crippen LogP contribution in [0.5, 0.6) is 5.75 Å². The smallest absolute Gasteiger partial charge is 0.116 e. The third-order valence-electron chi connectivity index (χ3n) is 2.57. The van der Waals surface area contributed by atoms with Gasteiger partial charge in [-0.15, -0.1) is 0 Å².